The molecule has 2 aromatic heterocycles. The molecule has 0 unspecified atom stereocenters. The summed E-state index contributed by atoms with van der Waals surface area (Å²) in [6, 6.07) is 7.90. The van der Waals surface area contributed by atoms with Crippen molar-refractivity contribution in [2.24, 2.45) is 0 Å². The number of halogens is 3. The summed E-state index contributed by atoms with van der Waals surface area (Å²) in [4.78, 5) is 16.0. The van der Waals surface area contributed by atoms with Gasteiger partial charge in [0, 0.05) is 24.2 Å². The molecule has 35 heavy (non-hydrogen) atoms. The average molecular weight is 482 g/mol. The molecule has 2 fully saturated rings. The van der Waals surface area contributed by atoms with Crippen molar-refractivity contribution >= 4 is 22.7 Å². The van der Waals surface area contributed by atoms with Gasteiger partial charge in [-0.15, -0.1) is 0 Å². The van der Waals surface area contributed by atoms with Gasteiger partial charge in [0.2, 0.25) is 0 Å². The Balaban J connectivity index is 1.56. The fourth-order valence-corrected chi connectivity index (χ4v) is 4.65. The normalized spacial score (nSPS) is 18.2. The Morgan fingerprint density at radius 1 is 1.14 bits per heavy atom. The molecule has 10 heteroatoms. The second-order valence-corrected chi connectivity index (χ2v) is 9.55. The second kappa shape index (κ2) is 8.64. The number of benzene rings is 1. The van der Waals surface area contributed by atoms with Crippen LogP contribution in [0.25, 0.3) is 11.0 Å². The third-order valence-corrected chi connectivity index (χ3v) is 6.80. The molecule has 1 saturated heterocycles. The maximum Gasteiger partial charge on any atom is 0.266 e. The number of nitrogens with one attached hydrogen (secondary N) is 2. The molecule has 1 atom stereocenters. The van der Waals surface area contributed by atoms with Crippen LogP contribution in [0.3, 0.4) is 0 Å². The van der Waals surface area contributed by atoms with Crippen LogP contribution in [0.15, 0.2) is 24.3 Å². The number of anilines is 2. The predicted octanol–water partition coefficient (Wildman–Crippen LogP) is 4.86. The Bertz CT molecular complexity index is 1330. The van der Waals surface area contributed by atoms with Crippen LogP contribution in [0.2, 0.25) is 0 Å². The van der Waals surface area contributed by atoms with E-state index < -0.39 is 29.3 Å². The molecule has 2 N–H and O–H groups in total. The van der Waals surface area contributed by atoms with Crippen LogP contribution < -0.4 is 10.6 Å². The van der Waals surface area contributed by atoms with E-state index in [1.165, 1.54) is 12.1 Å². The zero-order valence-electron chi connectivity index (χ0n) is 19.7. The molecule has 0 radical (unpaired) electrons. The standard InChI is InChI=1S/C25H26F3N7/c1-13(16-5-4-6-17(20(16)26)21(27)28)30-22-18-9-19(25(12-29)7-8-25)24(33-15-10-35(3)11-15)34-23(18)32-14(2)31-22/h4-6,9,13,15,21H,7-8,10-11H2,1-3H3,(H2,30,31,32,33,34)/t13-/m1/s1. The van der Waals surface area contributed by atoms with E-state index in [4.69, 9.17) is 4.98 Å². The molecule has 3 aromatic rings. The number of nitrogens with zero attached hydrogens (tertiary/aromatic N) is 5. The molecule has 0 bridgehead atoms. The van der Waals surface area contributed by atoms with Gasteiger partial charge in [0.05, 0.1) is 34.5 Å². The summed E-state index contributed by atoms with van der Waals surface area (Å²) < 4.78 is 41.2. The first-order valence-corrected chi connectivity index (χ1v) is 11.6. The van der Waals surface area contributed by atoms with Crippen LogP contribution in [-0.2, 0) is 5.41 Å². The van der Waals surface area contributed by atoms with E-state index in [1.807, 2.05) is 13.1 Å². The molecule has 0 amide bonds. The highest BCUT2D eigenvalue weighted by atomic mass is 19.3. The highest BCUT2D eigenvalue weighted by Gasteiger charge is 2.47. The maximum absolute atomic E-state index is 14.8. The molecule has 3 heterocycles. The fourth-order valence-electron chi connectivity index (χ4n) is 4.65. The van der Waals surface area contributed by atoms with Crippen LogP contribution in [0.5, 0.6) is 0 Å². The molecule has 0 spiro atoms. The van der Waals surface area contributed by atoms with Crippen LogP contribution in [0.4, 0.5) is 24.8 Å². The highest BCUT2D eigenvalue weighted by molar-refractivity contribution is 5.89. The van der Waals surface area contributed by atoms with Gasteiger partial charge in [-0.3, -0.25) is 0 Å². The summed E-state index contributed by atoms with van der Waals surface area (Å²) >= 11 is 0. The van der Waals surface area contributed by atoms with Gasteiger partial charge in [0.25, 0.3) is 6.43 Å². The number of aryl methyl sites for hydroxylation is 1. The largest absolute Gasteiger partial charge is 0.364 e. The number of rotatable bonds is 7. The van der Waals surface area contributed by atoms with Crippen LogP contribution in [-0.4, -0.2) is 46.0 Å². The van der Waals surface area contributed by atoms with E-state index >= 15 is 0 Å². The van der Waals surface area contributed by atoms with Gasteiger partial charge in [0.15, 0.2) is 5.65 Å². The van der Waals surface area contributed by atoms with Crippen molar-refractivity contribution in [3.05, 3.63) is 52.6 Å². The number of fused-ring (bicyclic) bond motifs is 1. The number of hydrogen-bond donors (Lipinski definition) is 2. The molecular formula is C25H26F3N7. The second-order valence-electron chi connectivity index (χ2n) is 9.55. The van der Waals surface area contributed by atoms with E-state index in [2.05, 4.69) is 31.6 Å². The van der Waals surface area contributed by atoms with Gasteiger partial charge in [-0.05, 0) is 39.8 Å². The zero-order chi connectivity index (χ0) is 24.9. The van der Waals surface area contributed by atoms with Crippen LogP contribution >= 0.6 is 0 Å². The van der Waals surface area contributed by atoms with E-state index in [9.17, 15) is 18.4 Å². The van der Waals surface area contributed by atoms with Gasteiger partial charge in [0.1, 0.15) is 23.3 Å². The number of likely N-dealkylation sites (tertiary alicyclic amines) is 1. The predicted molar refractivity (Wildman–Crippen MR) is 127 cm³/mol. The number of likely N-dealkylation sites (N-methyl/N-ethyl adjacent to an activating group) is 1. The summed E-state index contributed by atoms with van der Waals surface area (Å²) in [5, 5.41) is 17.1. The Hall–Kier alpha value is -3.45. The Kier molecular flexibility index (Phi) is 5.75. The smallest absolute Gasteiger partial charge is 0.266 e. The molecule has 1 aliphatic carbocycles. The third kappa shape index (κ3) is 4.25. The van der Waals surface area contributed by atoms with Crippen molar-refractivity contribution in [3.63, 3.8) is 0 Å². The first-order chi connectivity index (χ1) is 16.7. The molecule has 182 valence electrons. The van der Waals surface area contributed by atoms with Crippen molar-refractivity contribution in [1.82, 2.24) is 19.9 Å². The Morgan fingerprint density at radius 3 is 2.49 bits per heavy atom. The van der Waals surface area contributed by atoms with Crippen LogP contribution in [0.1, 0.15) is 54.7 Å². The minimum atomic E-state index is -2.90. The quantitative estimate of drug-likeness (QED) is 0.498. The van der Waals surface area contributed by atoms with Crippen molar-refractivity contribution < 1.29 is 13.2 Å². The lowest BCUT2D eigenvalue weighted by Crippen LogP contribution is -2.52. The van der Waals surface area contributed by atoms with Crippen LogP contribution in [0, 0.1) is 24.1 Å². The van der Waals surface area contributed by atoms with Gasteiger partial charge < -0.3 is 15.5 Å². The van der Waals surface area contributed by atoms with Gasteiger partial charge in [-0.2, -0.15) is 5.26 Å². The minimum absolute atomic E-state index is 0.114. The van der Waals surface area contributed by atoms with Gasteiger partial charge in [-0.25, -0.2) is 28.1 Å². The number of hydrogen-bond acceptors (Lipinski definition) is 7. The van der Waals surface area contributed by atoms with Gasteiger partial charge >= 0.3 is 0 Å². The van der Waals surface area contributed by atoms with Crippen molar-refractivity contribution in [2.75, 3.05) is 30.8 Å². The minimum Gasteiger partial charge on any atom is -0.364 e. The monoisotopic (exact) mass is 481 g/mol. The number of pyridine rings is 1. The van der Waals surface area contributed by atoms with Crippen molar-refractivity contribution in [1.29, 1.82) is 5.26 Å². The summed E-state index contributed by atoms with van der Waals surface area (Å²) in [6.45, 7) is 5.19. The Labute approximate surface area is 201 Å². The molecule has 7 nitrogen and oxygen atoms in total. The molecule has 5 rings (SSSR count). The summed E-state index contributed by atoms with van der Waals surface area (Å²) in [7, 11) is 2.04. The lowest BCUT2D eigenvalue weighted by Gasteiger charge is -2.37. The first-order valence-electron chi connectivity index (χ1n) is 11.6. The summed E-state index contributed by atoms with van der Waals surface area (Å²) in [6.07, 6.45) is -1.42. The summed E-state index contributed by atoms with van der Waals surface area (Å²) in [5.74, 6) is 0.599. The van der Waals surface area contributed by atoms with E-state index in [1.54, 1.807) is 13.8 Å². The van der Waals surface area contributed by atoms with E-state index in [0.29, 0.717) is 28.5 Å². The maximum atomic E-state index is 14.8. The topological polar surface area (TPSA) is 89.8 Å². The van der Waals surface area contributed by atoms with Gasteiger partial charge in [-0.1, -0.05) is 18.2 Å². The number of aromatic nitrogens is 3. The Morgan fingerprint density at radius 2 is 1.86 bits per heavy atom. The molecule has 1 aliphatic heterocycles. The molecule has 2 aliphatic rings. The van der Waals surface area contributed by atoms with Crippen molar-refractivity contribution in [3.8, 4) is 6.07 Å². The number of nitriles is 1. The summed E-state index contributed by atoms with van der Waals surface area (Å²) in [5.41, 5.74) is 0.122. The SMILES string of the molecule is Cc1nc(N[C@H](C)c2cccc(C(F)F)c2F)c2cc(C3(C#N)CC3)c(NC3CN(C)C3)nc2n1. The van der Waals surface area contributed by atoms with E-state index in [0.717, 1.165) is 37.6 Å². The fraction of sp³-hybridized carbons (Fsp3) is 0.440. The molecular weight excluding hydrogens is 455 g/mol. The lowest BCUT2D eigenvalue weighted by molar-refractivity contribution is 0.146. The third-order valence-electron chi connectivity index (χ3n) is 6.80. The number of alkyl halides is 2. The zero-order valence-corrected chi connectivity index (χ0v) is 19.7. The average Bonchev–Trinajstić information content (AvgIpc) is 3.58. The lowest BCUT2D eigenvalue weighted by atomic mass is 9.96. The van der Waals surface area contributed by atoms with E-state index in [-0.39, 0.29) is 11.6 Å². The van der Waals surface area contributed by atoms with Crippen molar-refractivity contribution in [2.45, 2.75) is 50.6 Å². The molecule has 1 aromatic carbocycles. The molecule has 1 saturated carbocycles. The first kappa shape index (κ1) is 23.3. The highest BCUT2D eigenvalue weighted by Crippen LogP contribution is 2.50.